The van der Waals surface area contributed by atoms with Crippen molar-refractivity contribution in [2.24, 2.45) is 0 Å². The Balaban J connectivity index is 1.90. The van der Waals surface area contributed by atoms with Crippen molar-refractivity contribution in [3.63, 3.8) is 0 Å². The van der Waals surface area contributed by atoms with Crippen LogP contribution in [0.5, 0.6) is 0 Å². The van der Waals surface area contributed by atoms with Crippen LogP contribution in [0.4, 0.5) is 5.82 Å². The molecule has 0 aliphatic rings. The molecule has 0 spiro atoms. The number of anilines is 1. The highest BCUT2D eigenvalue weighted by atomic mass is 16.3. The van der Waals surface area contributed by atoms with Gasteiger partial charge in [-0.3, -0.25) is 5.10 Å². The summed E-state index contributed by atoms with van der Waals surface area (Å²) < 4.78 is 5.58. The van der Waals surface area contributed by atoms with Crippen molar-refractivity contribution in [3.8, 4) is 0 Å². The molecule has 3 rings (SSSR count). The van der Waals surface area contributed by atoms with Crippen LogP contribution in [0.2, 0.25) is 0 Å². The Morgan fingerprint density at radius 2 is 2.22 bits per heavy atom. The average Bonchev–Trinajstić information content (AvgIpc) is 2.97. The van der Waals surface area contributed by atoms with E-state index in [0.717, 1.165) is 28.4 Å². The third kappa shape index (κ3) is 1.81. The molecule has 0 aliphatic carbocycles. The topological polar surface area (TPSA) is 79.6 Å². The summed E-state index contributed by atoms with van der Waals surface area (Å²) >= 11 is 0. The number of nitrogens with one attached hydrogen (secondary N) is 2. The van der Waals surface area contributed by atoms with E-state index in [1.807, 2.05) is 26.0 Å². The Labute approximate surface area is 103 Å². The Morgan fingerprint density at radius 1 is 1.33 bits per heavy atom. The van der Waals surface area contributed by atoms with Gasteiger partial charge in [0.15, 0.2) is 5.65 Å². The summed E-state index contributed by atoms with van der Waals surface area (Å²) in [6, 6.07) is 3.94. The van der Waals surface area contributed by atoms with Gasteiger partial charge in [-0.05, 0) is 26.0 Å². The molecular weight excluding hydrogens is 230 g/mol. The van der Waals surface area contributed by atoms with Gasteiger partial charge >= 0.3 is 0 Å². The van der Waals surface area contributed by atoms with E-state index < -0.39 is 0 Å². The average molecular weight is 243 g/mol. The lowest BCUT2D eigenvalue weighted by Crippen LogP contribution is -2.07. The van der Waals surface area contributed by atoms with Crippen LogP contribution >= 0.6 is 0 Å². The molecule has 6 nitrogen and oxygen atoms in total. The molecule has 3 aromatic heterocycles. The van der Waals surface area contributed by atoms with Gasteiger partial charge < -0.3 is 9.73 Å². The highest BCUT2D eigenvalue weighted by molar-refractivity contribution is 5.85. The number of aromatic nitrogens is 4. The molecule has 3 heterocycles. The Morgan fingerprint density at radius 3 is 3.00 bits per heavy atom. The number of rotatable bonds is 3. The molecule has 6 heteroatoms. The van der Waals surface area contributed by atoms with Crippen LogP contribution in [0.15, 0.2) is 29.1 Å². The fraction of sp³-hybridized carbons (Fsp3) is 0.250. The van der Waals surface area contributed by atoms with E-state index in [-0.39, 0.29) is 6.04 Å². The zero-order valence-electron chi connectivity index (χ0n) is 10.1. The molecule has 1 atom stereocenters. The molecule has 18 heavy (non-hydrogen) atoms. The number of H-pyrrole nitrogens is 1. The standard InChI is InChI=1S/C12H13N5O/c1-7-3-4-10(18-7)8(2)16-11-9-5-15-17-12(9)14-6-13-11/h3-6,8H,1-2H3,(H2,13,14,15,16,17)/t8-/m0/s1. The first-order valence-electron chi connectivity index (χ1n) is 5.71. The number of aromatic amines is 1. The van der Waals surface area contributed by atoms with E-state index >= 15 is 0 Å². The van der Waals surface area contributed by atoms with Gasteiger partial charge in [0.1, 0.15) is 23.7 Å². The minimum atomic E-state index is 0.0340. The van der Waals surface area contributed by atoms with E-state index in [0.29, 0.717) is 0 Å². The van der Waals surface area contributed by atoms with Gasteiger partial charge in [-0.2, -0.15) is 5.10 Å². The summed E-state index contributed by atoms with van der Waals surface area (Å²) in [5, 5.41) is 10.9. The Kier molecular flexibility index (Phi) is 2.47. The second-order valence-corrected chi connectivity index (χ2v) is 4.17. The molecule has 0 fully saturated rings. The molecule has 0 radical (unpaired) electrons. The van der Waals surface area contributed by atoms with Crippen molar-refractivity contribution in [3.05, 3.63) is 36.2 Å². The van der Waals surface area contributed by atoms with Crippen LogP contribution in [0.1, 0.15) is 24.5 Å². The SMILES string of the molecule is Cc1ccc([C@H](C)Nc2ncnc3[nH]ncc23)o1. The van der Waals surface area contributed by atoms with Gasteiger partial charge in [-0.15, -0.1) is 0 Å². The maximum Gasteiger partial charge on any atom is 0.160 e. The molecule has 0 aliphatic heterocycles. The summed E-state index contributed by atoms with van der Waals surface area (Å²) in [6.07, 6.45) is 3.21. The quantitative estimate of drug-likeness (QED) is 0.738. The third-order valence-electron chi connectivity index (χ3n) is 2.79. The van der Waals surface area contributed by atoms with E-state index in [9.17, 15) is 0 Å². The van der Waals surface area contributed by atoms with Crippen molar-refractivity contribution in [1.29, 1.82) is 0 Å². The lowest BCUT2D eigenvalue weighted by Gasteiger charge is -2.12. The fourth-order valence-electron chi connectivity index (χ4n) is 1.84. The Bertz CT molecular complexity index is 672. The largest absolute Gasteiger partial charge is 0.464 e. The minimum absolute atomic E-state index is 0.0340. The van der Waals surface area contributed by atoms with Crippen LogP contribution in [0, 0.1) is 6.92 Å². The highest BCUT2D eigenvalue weighted by Crippen LogP contribution is 2.23. The molecular formula is C12H13N5O. The second kappa shape index (κ2) is 4.14. The monoisotopic (exact) mass is 243 g/mol. The zero-order valence-corrected chi connectivity index (χ0v) is 10.1. The molecule has 2 N–H and O–H groups in total. The van der Waals surface area contributed by atoms with Gasteiger partial charge in [-0.1, -0.05) is 0 Å². The van der Waals surface area contributed by atoms with Gasteiger partial charge in [0.2, 0.25) is 0 Å². The van der Waals surface area contributed by atoms with E-state index in [1.165, 1.54) is 6.33 Å². The lowest BCUT2D eigenvalue weighted by molar-refractivity contribution is 0.466. The van der Waals surface area contributed by atoms with Gasteiger partial charge in [0.05, 0.1) is 17.6 Å². The first-order valence-corrected chi connectivity index (χ1v) is 5.71. The normalized spacial score (nSPS) is 12.8. The molecule has 0 amide bonds. The summed E-state index contributed by atoms with van der Waals surface area (Å²) in [5.41, 5.74) is 0.718. The maximum atomic E-state index is 5.58. The van der Waals surface area contributed by atoms with Gasteiger partial charge in [0.25, 0.3) is 0 Å². The number of nitrogens with zero attached hydrogens (tertiary/aromatic N) is 3. The predicted octanol–water partition coefficient (Wildman–Crippen LogP) is 2.43. The van der Waals surface area contributed by atoms with Gasteiger partial charge in [0, 0.05) is 0 Å². The first-order chi connectivity index (χ1) is 8.74. The molecule has 92 valence electrons. The summed E-state index contributed by atoms with van der Waals surface area (Å²) in [7, 11) is 0. The molecule has 0 aromatic carbocycles. The van der Waals surface area contributed by atoms with Crippen LogP contribution in [-0.2, 0) is 0 Å². The van der Waals surface area contributed by atoms with Crippen LogP contribution in [0.3, 0.4) is 0 Å². The molecule has 0 bridgehead atoms. The number of aryl methyl sites for hydroxylation is 1. The van der Waals surface area contributed by atoms with Crippen molar-refractivity contribution >= 4 is 16.9 Å². The summed E-state index contributed by atoms with van der Waals surface area (Å²) in [6.45, 7) is 3.95. The summed E-state index contributed by atoms with van der Waals surface area (Å²) in [5.74, 6) is 2.52. The molecule has 3 aromatic rings. The van der Waals surface area contributed by atoms with Crippen molar-refractivity contribution in [1.82, 2.24) is 20.2 Å². The lowest BCUT2D eigenvalue weighted by atomic mass is 10.2. The van der Waals surface area contributed by atoms with Gasteiger partial charge in [-0.25, -0.2) is 9.97 Å². The number of hydrogen-bond donors (Lipinski definition) is 2. The highest BCUT2D eigenvalue weighted by Gasteiger charge is 2.12. The number of furan rings is 1. The van der Waals surface area contributed by atoms with Crippen LogP contribution < -0.4 is 5.32 Å². The first kappa shape index (κ1) is 10.8. The third-order valence-corrected chi connectivity index (χ3v) is 2.79. The van der Waals surface area contributed by atoms with E-state index in [2.05, 4.69) is 25.5 Å². The maximum absolute atomic E-state index is 5.58. The minimum Gasteiger partial charge on any atom is -0.464 e. The smallest absolute Gasteiger partial charge is 0.160 e. The van der Waals surface area contributed by atoms with Crippen LogP contribution in [-0.4, -0.2) is 20.2 Å². The molecule has 0 saturated carbocycles. The number of fused-ring (bicyclic) bond motifs is 1. The van der Waals surface area contributed by atoms with E-state index in [4.69, 9.17) is 4.42 Å². The van der Waals surface area contributed by atoms with Crippen molar-refractivity contribution < 1.29 is 4.42 Å². The van der Waals surface area contributed by atoms with Crippen molar-refractivity contribution in [2.75, 3.05) is 5.32 Å². The molecule has 0 unspecified atom stereocenters. The van der Waals surface area contributed by atoms with Crippen LogP contribution in [0.25, 0.3) is 11.0 Å². The van der Waals surface area contributed by atoms with Crippen molar-refractivity contribution in [2.45, 2.75) is 19.9 Å². The zero-order chi connectivity index (χ0) is 12.5. The fourth-order valence-corrected chi connectivity index (χ4v) is 1.84. The Hall–Kier alpha value is -2.37. The number of hydrogen-bond acceptors (Lipinski definition) is 5. The predicted molar refractivity (Wildman–Crippen MR) is 67.2 cm³/mol. The second-order valence-electron chi connectivity index (χ2n) is 4.17. The van der Waals surface area contributed by atoms with E-state index in [1.54, 1.807) is 6.20 Å². The summed E-state index contributed by atoms with van der Waals surface area (Å²) in [4.78, 5) is 8.32. The molecule has 0 saturated heterocycles.